The van der Waals surface area contributed by atoms with Crippen molar-refractivity contribution in [2.75, 3.05) is 18.4 Å². The van der Waals surface area contributed by atoms with Crippen molar-refractivity contribution < 1.29 is 9.59 Å². The molecule has 0 atom stereocenters. The van der Waals surface area contributed by atoms with Crippen LogP contribution in [0.2, 0.25) is 0 Å². The van der Waals surface area contributed by atoms with Gasteiger partial charge in [-0.15, -0.1) is 0 Å². The van der Waals surface area contributed by atoms with Gasteiger partial charge in [0.2, 0.25) is 0 Å². The zero-order valence-electron chi connectivity index (χ0n) is 10.6. The van der Waals surface area contributed by atoms with Gasteiger partial charge >= 0.3 is 0 Å². The van der Waals surface area contributed by atoms with Gasteiger partial charge in [-0.25, -0.2) is 0 Å². The minimum absolute atomic E-state index is 0.223. The van der Waals surface area contributed by atoms with Gasteiger partial charge in [0.25, 0.3) is 5.91 Å². The van der Waals surface area contributed by atoms with Gasteiger partial charge in [-0.1, -0.05) is 18.2 Å². The van der Waals surface area contributed by atoms with Gasteiger partial charge in [-0.2, -0.15) is 0 Å². The third kappa shape index (κ3) is 3.13. The number of anilines is 1. The number of nitrogens with zero attached hydrogens (tertiary/aromatic N) is 1. The molecule has 5 heteroatoms. The molecule has 1 aliphatic heterocycles. The molecule has 1 amide bonds. The Morgan fingerprint density at radius 3 is 2.37 bits per heavy atom. The standard InChI is InChI=1S/C14H17N3O2/c15-14(19)13(17-8-4-5-9-17)12(10-18)16-11-6-2-1-3-7-11/h1-3,6-7,10,16H,4-5,8-9H2,(H2,15,19)/b13-12-. The number of hydrogen-bond acceptors (Lipinski definition) is 4. The second-order valence-electron chi connectivity index (χ2n) is 4.43. The van der Waals surface area contributed by atoms with Gasteiger partial charge in [0.05, 0.1) is 0 Å². The average molecular weight is 259 g/mol. The van der Waals surface area contributed by atoms with E-state index in [1.807, 2.05) is 35.2 Å². The summed E-state index contributed by atoms with van der Waals surface area (Å²) in [6.07, 6.45) is 2.66. The van der Waals surface area contributed by atoms with Gasteiger partial charge in [0, 0.05) is 18.8 Å². The van der Waals surface area contributed by atoms with E-state index in [1.54, 1.807) is 0 Å². The summed E-state index contributed by atoms with van der Waals surface area (Å²) >= 11 is 0. The Bertz CT molecular complexity index is 491. The number of nitrogens with one attached hydrogen (secondary N) is 1. The van der Waals surface area contributed by atoms with Crippen molar-refractivity contribution in [3.8, 4) is 0 Å². The Hall–Kier alpha value is -2.30. The van der Waals surface area contributed by atoms with E-state index >= 15 is 0 Å². The van der Waals surface area contributed by atoms with Crippen molar-refractivity contribution >= 4 is 17.9 Å². The predicted molar refractivity (Wildman–Crippen MR) is 73.2 cm³/mol. The molecule has 0 spiro atoms. The average Bonchev–Trinajstić information content (AvgIpc) is 2.92. The zero-order chi connectivity index (χ0) is 13.7. The maximum absolute atomic E-state index is 11.6. The van der Waals surface area contributed by atoms with Gasteiger partial charge in [-0.3, -0.25) is 9.59 Å². The fraction of sp³-hybridized carbons (Fsp3) is 0.286. The normalized spacial score (nSPS) is 15.9. The molecule has 1 aromatic rings. The molecule has 0 bridgehead atoms. The van der Waals surface area contributed by atoms with Crippen molar-refractivity contribution in [3.05, 3.63) is 41.7 Å². The zero-order valence-corrected chi connectivity index (χ0v) is 10.6. The second kappa shape index (κ2) is 6.04. The van der Waals surface area contributed by atoms with E-state index in [4.69, 9.17) is 5.73 Å². The number of likely N-dealkylation sites (tertiary alicyclic amines) is 1. The maximum atomic E-state index is 11.6. The van der Waals surface area contributed by atoms with E-state index in [-0.39, 0.29) is 11.4 Å². The molecule has 1 fully saturated rings. The smallest absolute Gasteiger partial charge is 0.267 e. The molecule has 2 rings (SSSR count). The quantitative estimate of drug-likeness (QED) is 0.613. The van der Waals surface area contributed by atoms with Crippen LogP contribution in [-0.4, -0.2) is 30.2 Å². The molecule has 0 aromatic heterocycles. The summed E-state index contributed by atoms with van der Waals surface area (Å²) < 4.78 is 0. The number of carbonyl (C=O) groups is 2. The van der Waals surface area contributed by atoms with E-state index in [0.717, 1.165) is 31.6 Å². The molecule has 5 nitrogen and oxygen atoms in total. The number of hydrogen-bond donors (Lipinski definition) is 2. The lowest BCUT2D eigenvalue weighted by Crippen LogP contribution is -2.32. The van der Waals surface area contributed by atoms with Gasteiger partial charge in [-0.05, 0) is 25.0 Å². The van der Waals surface area contributed by atoms with Crippen molar-refractivity contribution in [2.24, 2.45) is 5.73 Å². The van der Waals surface area contributed by atoms with Gasteiger partial charge < -0.3 is 16.0 Å². The first-order valence-electron chi connectivity index (χ1n) is 6.28. The summed E-state index contributed by atoms with van der Waals surface area (Å²) in [6.45, 7) is 1.51. The Morgan fingerprint density at radius 2 is 1.84 bits per heavy atom. The first-order valence-corrected chi connectivity index (χ1v) is 6.28. The molecule has 0 radical (unpaired) electrons. The number of para-hydroxylation sites is 1. The van der Waals surface area contributed by atoms with E-state index in [1.165, 1.54) is 0 Å². The highest BCUT2D eigenvalue weighted by molar-refractivity contribution is 5.98. The van der Waals surface area contributed by atoms with Gasteiger partial charge in [0.1, 0.15) is 11.4 Å². The van der Waals surface area contributed by atoms with Crippen molar-refractivity contribution in [1.29, 1.82) is 0 Å². The summed E-state index contributed by atoms with van der Waals surface area (Å²) in [7, 11) is 0. The molecule has 0 saturated carbocycles. The minimum atomic E-state index is -0.576. The topological polar surface area (TPSA) is 75.4 Å². The fourth-order valence-corrected chi connectivity index (χ4v) is 2.22. The lowest BCUT2D eigenvalue weighted by atomic mass is 10.2. The van der Waals surface area contributed by atoms with Crippen LogP contribution in [0.5, 0.6) is 0 Å². The lowest BCUT2D eigenvalue weighted by molar-refractivity contribution is -0.116. The van der Waals surface area contributed by atoms with Crippen LogP contribution in [-0.2, 0) is 9.59 Å². The molecule has 1 heterocycles. The molecular weight excluding hydrogens is 242 g/mol. The predicted octanol–water partition coefficient (Wildman–Crippen LogP) is 1.09. The summed E-state index contributed by atoms with van der Waals surface area (Å²) in [6, 6.07) is 9.23. The number of allylic oxidation sites excluding steroid dienone is 1. The highest BCUT2D eigenvalue weighted by atomic mass is 16.1. The van der Waals surface area contributed by atoms with Crippen LogP contribution in [0.25, 0.3) is 0 Å². The molecule has 3 N–H and O–H groups in total. The third-order valence-corrected chi connectivity index (χ3v) is 3.08. The largest absolute Gasteiger partial charge is 0.365 e. The number of primary amides is 1. The van der Waals surface area contributed by atoms with Crippen LogP contribution in [0, 0.1) is 0 Å². The molecule has 1 aliphatic rings. The maximum Gasteiger partial charge on any atom is 0.267 e. The van der Waals surface area contributed by atoms with Gasteiger partial charge in [0.15, 0.2) is 6.29 Å². The lowest BCUT2D eigenvalue weighted by Gasteiger charge is -2.21. The van der Waals surface area contributed by atoms with Crippen LogP contribution in [0.1, 0.15) is 12.8 Å². The van der Waals surface area contributed by atoms with Crippen molar-refractivity contribution in [3.63, 3.8) is 0 Å². The molecule has 0 unspecified atom stereocenters. The molecular formula is C14H17N3O2. The fourth-order valence-electron chi connectivity index (χ4n) is 2.22. The van der Waals surface area contributed by atoms with E-state index < -0.39 is 5.91 Å². The Labute approximate surface area is 112 Å². The SMILES string of the molecule is NC(=O)/C(=C(\C=O)Nc1ccccc1)N1CCCC1. The number of benzene rings is 1. The molecule has 19 heavy (non-hydrogen) atoms. The Balaban J connectivity index is 2.31. The molecule has 100 valence electrons. The number of aldehydes is 1. The number of amides is 1. The molecule has 0 aliphatic carbocycles. The van der Waals surface area contributed by atoms with Crippen LogP contribution < -0.4 is 11.1 Å². The highest BCUT2D eigenvalue weighted by Gasteiger charge is 2.23. The van der Waals surface area contributed by atoms with Crippen LogP contribution in [0.4, 0.5) is 5.69 Å². The van der Waals surface area contributed by atoms with Crippen molar-refractivity contribution in [1.82, 2.24) is 4.90 Å². The summed E-state index contributed by atoms with van der Waals surface area (Å²) in [4.78, 5) is 24.7. The Morgan fingerprint density at radius 1 is 1.21 bits per heavy atom. The third-order valence-electron chi connectivity index (χ3n) is 3.08. The monoisotopic (exact) mass is 259 g/mol. The van der Waals surface area contributed by atoms with Crippen LogP contribution >= 0.6 is 0 Å². The number of rotatable bonds is 5. The first-order chi connectivity index (χ1) is 9.22. The van der Waals surface area contributed by atoms with E-state index in [9.17, 15) is 9.59 Å². The second-order valence-corrected chi connectivity index (χ2v) is 4.43. The Kier molecular flexibility index (Phi) is 4.18. The summed E-state index contributed by atoms with van der Waals surface area (Å²) in [5, 5.41) is 2.96. The number of carbonyl (C=O) groups excluding carboxylic acids is 2. The minimum Gasteiger partial charge on any atom is -0.365 e. The van der Waals surface area contributed by atoms with E-state index in [2.05, 4.69) is 5.32 Å². The highest BCUT2D eigenvalue weighted by Crippen LogP contribution is 2.18. The molecule has 1 aromatic carbocycles. The van der Waals surface area contributed by atoms with E-state index in [0.29, 0.717) is 6.29 Å². The van der Waals surface area contributed by atoms with Crippen LogP contribution in [0.15, 0.2) is 41.7 Å². The molecule has 1 saturated heterocycles. The van der Waals surface area contributed by atoms with Crippen LogP contribution in [0.3, 0.4) is 0 Å². The van der Waals surface area contributed by atoms with Crippen molar-refractivity contribution in [2.45, 2.75) is 12.8 Å². The summed E-state index contributed by atoms with van der Waals surface area (Å²) in [5.41, 5.74) is 6.66. The number of nitrogens with two attached hydrogens (primary N) is 1. The summed E-state index contributed by atoms with van der Waals surface area (Å²) in [5.74, 6) is -0.576. The first kappa shape index (κ1) is 13.1.